The number of aromatic amines is 1. The van der Waals surface area contributed by atoms with Gasteiger partial charge in [0.1, 0.15) is 11.6 Å². The first-order valence-corrected chi connectivity index (χ1v) is 5.51. The van der Waals surface area contributed by atoms with Crippen molar-refractivity contribution in [2.24, 2.45) is 0 Å². The average Bonchev–Trinajstić information content (AvgIpc) is 3.12. The molecule has 5 heteroatoms. The van der Waals surface area contributed by atoms with Gasteiger partial charge in [-0.15, -0.1) is 0 Å². The zero-order valence-corrected chi connectivity index (χ0v) is 9.45. The number of pyridine rings is 1. The minimum Gasteiger partial charge on any atom is -0.462 e. The number of rotatable bonds is 3. The van der Waals surface area contributed by atoms with Gasteiger partial charge in [-0.05, 0) is 25.8 Å². The van der Waals surface area contributed by atoms with Gasteiger partial charge >= 0.3 is 5.97 Å². The molecule has 0 aliphatic heterocycles. The highest BCUT2D eigenvalue weighted by Gasteiger charge is 2.30. The first kappa shape index (κ1) is 11.4. The quantitative estimate of drug-likeness (QED) is 0.796. The lowest BCUT2D eigenvalue weighted by molar-refractivity contribution is 0.0524. The average molecular weight is 232 g/mol. The number of carbonyl (C=O) groups excluding carboxylic acids is 1. The fourth-order valence-corrected chi connectivity index (χ4v) is 1.70. The van der Waals surface area contributed by atoms with E-state index in [1.165, 1.54) is 6.07 Å². The molecule has 1 aromatic rings. The summed E-state index contributed by atoms with van der Waals surface area (Å²) in [6.07, 6.45) is 1.91. The summed E-state index contributed by atoms with van der Waals surface area (Å²) in [4.78, 5) is 25.8. The van der Waals surface area contributed by atoms with E-state index in [9.17, 15) is 9.59 Å². The highest BCUT2D eigenvalue weighted by molar-refractivity contribution is 5.91. The van der Waals surface area contributed by atoms with Gasteiger partial charge in [-0.25, -0.2) is 4.79 Å². The normalized spacial score (nSPS) is 14.1. The molecule has 0 aromatic carbocycles. The molecule has 0 spiro atoms. The van der Waals surface area contributed by atoms with Gasteiger partial charge in [0.05, 0.1) is 12.2 Å². The van der Waals surface area contributed by atoms with Gasteiger partial charge in [-0.3, -0.25) is 4.79 Å². The largest absolute Gasteiger partial charge is 0.462 e. The molecule has 1 saturated carbocycles. The van der Waals surface area contributed by atoms with Crippen LogP contribution in [0.5, 0.6) is 0 Å². The molecule has 2 rings (SSSR count). The third kappa shape index (κ3) is 2.21. The molecule has 1 fully saturated rings. The van der Waals surface area contributed by atoms with Crippen LogP contribution < -0.4 is 5.56 Å². The molecular formula is C12H12N2O3. The third-order valence-corrected chi connectivity index (χ3v) is 2.67. The Bertz CT molecular complexity index is 550. The van der Waals surface area contributed by atoms with E-state index in [-0.39, 0.29) is 18.1 Å². The van der Waals surface area contributed by atoms with Crippen LogP contribution in [0.1, 0.15) is 47.3 Å². The van der Waals surface area contributed by atoms with Crippen LogP contribution in [0.3, 0.4) is 0 Å². The summed E-state index contributed by atoms with van der Waals surface area (Å²) in [5.41, 5.74) is 0.415. The topological polar surface area (TPSA) is 82.9 Å². The van der Waals surface area contributed by atoms with Crippen molar-refractivity contribution in [3.8, 4) is 6.07 Å². The van der Waals surface area contributed by atoms with E-state index < -0.39 is 11.5 Å². The van der Waals surface area contributed by atoms with Crippen LogP contribution in [0, 0.1) is 11.3 Å². The predicted octanol–water partition coefficient (Wildman–Crippen LogP) is 1.30. The van der Waals surface area contributed by atoms with E-state index in [1.807, 2.05) is 0 Å². The van der Waals surface area contributed by atoms with Crippen molar-refractivity contribution in [2.75, 3.05) is 6.61 Å². The Balaban J connectivity index is 2.50. The number of esters is 1. The van der Waals surface area contributed by atoms with Gasteiger partial charge in [-0.2, -0.15) is 5.26 Å². The summed E-state index contributed by atoms with van der Waals surface area (Å²) in [5, 5.41) is 8.78. The van der Waals surface area contributed by atoms with Gasteiger partial charge in [0.25, 0.3) is 5.56 Å². The minimum atomic E-state index is -0.484. The first-order chi connectivity index (χ1) is 8.17. The number of hydrogen-bond donors (Lipinski definition) is 1. The van der Waals surface area contributed by atoms with E-state index >= 15 is 0 Å². The molecule has 1 aliphatic rings. The molecule has 0 unspecified atom stereocenters. The molecule has 1 heterocycles. The van der Waals surface area contributed by atoms with Crippen LogP contribution >= 0.6 is 0 Å². The maximum absolute atomic E-state index is 11.7. The SMILES string of the molecule is CCOC(=O)c1cc(C#N)c(=O)[nH]c1C1CC1. The van der Waals surface area contributed by atoms with Gasteiger partial charge in [0.2, 0.25) is 0 Å². The highest BCUT2D eigenvalue weighted by Crippen LogP contribution is 2.40. The number of aromatic nitrogens is 1. The summed E-state index contributed by atoms with van der Waals surface area (Å²) in [6.45, 7) is 1.98. The number of nitrogens with zero attached hydrogens (tertiary/aromatic N) is 1. The Hall–Kier alpha value is -2.09. The Morgan fingerprint density at radius 3 is 2.88 bits per heavy atom. The molecule has 88 valence electrons. The van der Waals surface area contributed by atoms with Crippen LogP contribution in [0.25, 0.3) is 0 Å². The van der Waals surface area contributed by atoms with E-state index in [2.05, 4.69) is 4.98 Å². The Kier molecular flexibility index (Phi) is 2.96. The summed E-state index contributed by atoms with van der Waals surface area (Å²) >= 11 is 0. The van der Waals surface area contributed by atoms with Crippen LogP contribution in [-0.4, -0.2) is 17.6 Å². The molecule has 0 saturated heterocycles. The standard InChI is InChI=1S/C12H12N2O3/c1-2-17-12(16)9-5-8(6-13)11(15)14-10(9)7-3-4-7/h5,7H,2-4H2,1H3,(H,14,15). The second kappa shape index (κ2) is 4.42. The van der Waals surface area contributed by atoms with Gasteiger partial charge < -0.3 is 9.72 Å². The molecule has 0 bridgehead atoms. The number of carbonyl (C=O) groups is 1. The van der Waals surface area contributed by atoms with Crippen LogP contribution in [-0.2, 0) is 4.74 Å². The molecular weight excluding hydrogens is 220 g/mol. The Morgan fingerprint density at radius 1 is 1.65 bits per heavy atom. The lowest BCUT2D eigenvalue weighted by Gasteiger charge is -2.07. The number of hydrogen-bond acceptors (Lipinski definition) is 4. The number of nitrogens with one attached hydrogen (secondary N) is 1. The molecule has 0 amide bonds. The molecule has 0 atom stereocenters. The fourth-order valence-electron chi connectivity index (χ4n) is 1.70. The Labute approximate surface area is 98.0 Å². The molecule has 1 N–H and O–H groups in total. The number of ether oxygens (including phenoxy) is 1. The van der Waals surface area contributed by atoms with Crippen molar-refractivity contribution >= 4 is 5.97 Å². The zero-order chi connectivity index (χ0) is 12.4. The lowest BCUT2D eigenvalue weighted by Crippen LogP contribution is -2.18. The van der Waals surface area contributed by atoms with Crippen molar-refractivity contribution in [1.82, 2.24) is 4.98 Å². The number of nitriles is 1. The maximum atomic E-state index is 11.7. The second-order valence-electron chi connectivity index (χ2n) is 3.95. The van der Waals surface area contributed by atoms with Crippen molar-refractivity contribution in [1.29, 1.82) is 5.26 Å². The smallest absolute Gasteiger partial charge is 0.339 e. The minimum absolute atomic E-state index is 0.0579. The van der Waals surface area contributed by atoms with Gasteiger partial charge in [-0.1, -0.05) is 0 Å². The van der Waals surface area contributed by atoms with Crippen LogP contribution in [0.4, 0.5) is 0 Å². The zero-order valence-electron chi connectivity index (χ0n) is 9.45. The monoisotopic (exact) mass is 232 g/mol. The third-order valence-electron chi connectivity index (χ3n) is 2.67. The summed E-state index contributed by atoms with van der Waals surface area (Å²) in [5.74, 6) is -0.267. The molecule has 1 aromatic heterocycles. The summed E-state index contributed by atoms with van der Waals surface area (Å²) < 4.78 is 4.92. The van der Waals surface area contributed by atoms with Crippen molar-refractivity contribution in [2.45, 2.75) is 25.7 Å². The Morgan fingerprint density at radius 2 is 2.35 bits per heavy atom. The van der Waals surface area contributed by atoms with E-state index in [1.54, 1.807) is 13.0 Å². The van der Waals surface area contributed by atoms with Crippen molar-refractivity contribution < 1.29 is 9.53 Å². The lowest BCUT2D eigenvalue weighted by atomic mass is 10.1. The van der Waals surface area contributed by atoms with Crippen LogP contribution in [0.2, 0.25) is 0 Å². The molecule has 17 heavy (non-hydrogen) atoms. The van der Waals surface area contributed by atoms with Crippen molar-refractivity contribution in [3.05, 3.63) is 33.2 Å². The summed E-state index contributed by atoms with van der Waals surface area (Å²) in [6, 6.07) is 3.09. The van der Waals surface area contributed by atoms with Crippen LogP contribution in [0.15, 0.2) is 10.9 Å². The predicted molar refractivity (Wildman–Crippen MR) is 59.7 cm³/mol. The molecule has 1 aliphatic carbocycles. The molecule has 5 nitrogen and oxygen atoms in total. The van der Waals surface area contributed by atoms with E-state index in [0.29, 0.717) is 11.3 Å². The highest BCUT2D eigenvalue weighted by atomic mass is 16.5. The second-order valence-corrected chi connectivity index (χ2v) is 3.95. The fraction of sp³-hybridized carbons (Fsp3) is 0.417. The summed E-state index contributed by atoms with van der Waals surface area (Å²) in [7, 11) is 0. The van der Waals surface area contributed by atoms with Gasteiger partial charge in [0, 0.05) is 11.6 Å². The number of H-pyrrole nitrogens is 1. The van der Waals surface area contributed by atoms with Gasteiger partial charge in [0.15, 0.2) is 0 Å². The first-order valence-electron chi connectivity index (χ1n) is 5.51. The van der Waals surface area contributed by atoms with E-state index in [0.717, 1.165) is 12.8 Å². The van der Waals surface area contributed by atoms with E-state index in [4.69, 9.17) is 10.00 Å². The maximum Gasteiger partial charge on any atom is 0.339 e. The molecule has 0 radical (unpaired) electrons. The van der Waals surface area contributed by atoms with Crippen molar-refractivity contribution in [3.63, 3.8) is 0 Å².